The van der Waals surface area contributed by atoms with E-state index in [0.717, 1.165) is 19.3 Å². The third kappa shape index (κ3) is 18.2. The summed E-state index contributed by atoms with van der Waals surface area (Å²) >= 11 is 4.51. The van der Waals surface area contributed by atoms with Gasteiger partial charge in [-0.05, 0) is 0 Å². The molecule has 2 N–H and O–H groups in total. The summed E-state index contributed by atoms with van der Waals surface area (Å²) in [5, 5.41) is 19.8. The van der Waals surface area contributed by atoms with Crippen LogP contribution in [0.3, 0.4) is 0 Å². The molecule has 0 amide bonds. The van der Waals surface area contributed by atoms with Crippen LogP contribution in [0.4, 0.5) is 0 Å². The molecule has 0 radical (unpaired) electrons. The van der Waals surface area contributed by atoms with E-state index in [1.165, 1.54) is 15.6 Å². The average Bonchev–Trinajstić information content (AvgIpc) is 2.56. The predicted molar refractivity (Wildman–Crippen MR) is 102 cm³/mol. The minimum atomic E-state index is -0.366. The predicted octanol–water partition coefficient (Wildman–Crippen LogP) is 2.06. The Hall–Kier alpha value is -0.0113. The Morgan fingerprint density at radius 1 is 1.09 bits per heavy atom. The van der Waals surface area contributed by atoms with Crippen LogP contribution in [0.2, 0.25) is 4.44 Å². The first-order valence-corrected chi connectivity index (χ1v) is 12.3. The van der Waals surface area contributed by atoms with E-state index in [0.29, 0.717) is 6.54 Å². The van der Waals surface area contributed by atoms with Crippen molar-refractivity contribution in [1.29, 1.82) is 0 Å². The Labute approximate surface area is 157 Å². The van der Waals surface area contributed by atoms with Crippen molar-refractivity contribution < 1.29 is 10.2 Å². The van der Waals surface area contributed by atoms with Crippen molar-refractivity contribution >= 4 is 36.7 Å². The molecule has 1 aromatic carbocycles. The molecule has 1 rings (SSSR count). The zero-order chi connectivity index (χ0) is 18.1. The fourth-order valence-electron chi connectivity index (χ4n) is 1.27. The number of nitrogens with two attached hydrogens (primary N) is 1. The van der Waals surface area contributed by atoms with E-state index in [-0.39, 0.29) is 33.4 Å². The molecule has 1 aromatic rings. The van der Waals surface area contributed by atoms with Gasteiger partial charge in [0.05, 0.1) is 0 Å². The van der Waals surface area contributed by atoms with Crippen molar-refractivity contribution in [2.75, 3.05) is 0 Å². The van der Waals surface area contributed by atoms with Crippen LogP contribution in [-0.4, -0.2) is 36.7 Å². The first-order chi connectivity index (χ1) is 10.9. The van der Waals surface area contributed by atoms with Gasteiger partial charge in [0.15, 0.2) is 0 Å². The Bertz CT molecular complexity index is 379. The van der Waals surface area contributed by atoms with E-state index in [1.807, 2.05) is 23.3 Å². The van der Waals surface area contributed by atoms with Gasteiger partial charge in [0.2, 0.25) is 0 Å². The Kier molecular flexibility index (Phi) is 20.1. The van der Waals surface area contributed by atoms with E-state index >= 15 is 0 Å². The van der Waals surface area contributed by atoms with Gasteiger partial charge < -0.3 is 10.2 Å². The van der Waals surface area contributed by atoms with E-state index in [9.17, 15) is 10.2 Å². The van der Waals surface area contributed by atoms with Crippen molar-refractivity contribution in [1.82, 2.24) is 0 Å². The minimum absolute atomic E-state index is 0.344. The van der Waals surface area contributed by atoms with E-state index in [1.54, 1.807) is 13.8 Å². The molecule has 2 unspecified atom stereocenters. The second-order valence-electron chi connectivity index (χ2n) is 5.23. The number of benzene rings is 1. The molecule has 0 aromatic heterocycles. The number of rotatable bonds is 7. The number of hydrogen-bond acceptors (Lipinski definition) is 4. The Morgan fingerprint density at radius 3 is 1.87 bits per heavy atom. The van der Waals surface area contributed by atoms with Gasteiger partial charge >= 0.3 is 95.3 Å². The van der Waals surface area contributed by atoms with Crippen molar-refractivity contribution in [2.24, 2.45) is 5.73 Å². The maximum atomic E-state index is 9.90. The summed E-state index contributed by atoms with van der Waals surface area (Å²) < 4.78 is 3.26. The normalized spacial score (nSPS) is 11.8. The molecule has 0 spiro atoms. The summed E-state index contributed by atoms with van der Waals surface area (Å²) in [5.74, 6) is 0. The molecule has 0 saturated heterocycles. The quantitative estimate of drug-likeness (QED) is 0.397. The monoisotopic (exact) mass is 445 g/mol. The zero-order valence-electron chi connectivity index (χ0n) is 14.9. The van der Waals surface area contributed by atoms with Crippen LogP contribution in [0.25, 0.3) is 0 Å². The van der Waals surface area contributed by atoms with Crippen molar-refractivity contribution in [2.45, 2.75) is 70.1 Å². The first-order valence-electron chi connectivity index (χ1n) is 8.18. The van der Waals surface area contributed by atoms with Gasteiger partial charge in [-0.1, -0.05) is 40.5 Å². The number of thiocarbonyl (C=S) groups is 1. The molecular formula is C18H31NO2SSn. The molecule has 0 fully saturated rings. The topological polar surface area (TPSA) is 72.1 Å². The van der Waals surface area contributed by atoms with Gasteiger partial charge in [-0.3, -0.25) is 0 Å². The number of hydrogen-bond donors (Lipinski definition) is 1. The van der Waals surface area contributed by atoms with E-state index < -0.39 is 0 Å². The summed E-state index contributed by atoms with van der Waals surface area (Å²) in [4.78, 5) is 0. The SMILES string of the molecule is CCC(C)[O-].CCC(C)[O-].NCc1ccccc1C[CH2][Sn+2][CH]=S. The maximum absolute atomic E-state index is 9.90. The second kappa shape index (κ2) is 18.3. The fourth-order valence-corrected chi connectivity index (χ4v) is 3.57. The van der Waals surface area contributed by atoms with Gasteiger partial charge in [-0.2, -0.15) is 0 Å². The molecule has 130 valence electrons. The standard InChI is InChI=1S/C9H12N.2C4H9O.CHS.Sn/c1-2-8-5-3-4-6-9(8)7-10;2*1-3-4(2)5;1-2;/h3-6H,1-2,7,10H2;2*4H,3H2,1-2H3;1H;/q;2*-1;;+2. The van der Waals surface area contributed by atoms with E-state index in [2.05, 4.69) is 18.2 Å². The van der Waals surface area contributed by atoms with Crippen molar-refractivity contribution in [3.8, 4) is 0 Å². The van der Waals surface area contributed by atoms with Crippen molar-refractivity contribution in [3.63, 3.8) is 0 Å². The molecule has 0 aliphatic rings. The molecule has 0 aliphatic carbocycles. The van der Waals surface area contributed by atoms with Crippen LogP contribution >= 0.6 is 12.2 Å². The molecule has 0 heterocycles. The van der Waals surface area contributed by atoms with Gasteiger partial charge in [0.25, 0.3) is 0 Å². The van der Waals surface area contributed by atoms with E-state index in [4.69, 9.17) is 18.0 Å². The summed E-state index contributed by atoms with van der Waals surface area (Å²) in [5.41, 5.74) is 8.33. The zero-order valence-corrected chi connectivity index (χ0v) is 18.5. The summed E-state index contributed by atoms with van der Waals surface area (Å²) in [6, 6.07) is 8.41. The van der Waals surface area contributed by atoms with Crippen LogP contribution in [0.5, 0.6) is 0 Å². The first kappa shape index (κ1) is 25.2. The molecule has 5 heteroatoms. The third-order valence-electron chi connectivity index (χ3n) is 3.11. The van der Waals surface area contributed by atoms with Crippen LogP contribution in [0.1, 0.15) is 51.7 Å². The molecule has 2 atom stereocenters. The van der Waals surface area contributed by atoms with Gasteiger partial charge in [-0.15, -0.1) is 12.2 Å². The molecular weight excluding hydrogens is 413 g/mol. The number of aryl methyl sites for hydroxylation is 1. The van der Waals surface area contributed by atoms with Gasteiger partial charge in [0.1, 0.15) is 0 Å². The van der Waals surface area contributed by atoms with Crippen molar-refractivity contribution in [3.05, 3.63) is 35.4 Å². The Balaban J connectivity index is 0. The second-order valence-corrected chi connectivity index (χ2v) is 10.1. The fraction of sp³-hybridized carbons (Fsp3) is 0.611. The van der Waals surface area contributed by atoms with Crippen LogP contribution in [0.15, 0.2) is 24.3 Å². The molecule has 0 saturated carbocycles. The summed E-state index contributed by atoms with van der Waals surface area (Å²) in [6.45, 7) is 7.76. The van der Waals surface area contributed by atoms with Gasteiger partial charge in [0, 0.05) is 0 Å². The Morgan fingerprint density at radius 2 is 1.52 bits per heavy atom. The molecule has 23 heavy (non-hydrogen) atoms. The summed E-state index contributed by atoms with van der Waals surface area (Å²) in [7, 11) is 0. The molecule has 0 aliphatic heterocycles. The molecule has 0 bridgehead atoms. The van der Waals surface area contributed by atoms with Crippen LogP contribution < -0.4 is 15.9 Å². The third-order valence-corrected chi connectivity index (χ3v) is 6.24. The van der Waals surface area contributed by atoms with Crippen LogP contribution in [0, 0.1) is 0 Å². The molecule has 3 nitrogen and oxygen atoms in total. The summed E-state index contributed by atoms with van der Waals surface area (Å²) in [6.07, 6.45) is 1.93. The average molecular weight is 444 g/mol. The van der Waals surface area contributed by atoms with Crippen LogP contribution in [-0.2, 0) is 13.0 Å². The van der Waals surface area contributed by atoms with Gasteiger partial charge in [-0.25, -0.2) is 0 Å².